The summed E-state index contributed by atoms with van der Waals surface area (Å²) in [5, 5.41) is 10.2. The van der Waals surface area contributed by atoms with Crippen molar-refractivity contribution in [1.29, 1.82) is 0 Å². The molecule has 3 rings (SSSR count). The van der Waals surface area contributed by atoms with Crippen LogP contribution in [0.5, 0.6) is 0 Å². The summed E-state index contributed by atoms with van der Waals surface area (Å²) in [4.78, 5) is 20.2. The lowest BCUT2D eigenvalue weighted by Gasteiger charge is -2.10. The first kappa shape index (κ1) is 14.6. The highest BCUT2D eigenvalue weighted by Crippen LogP contribution is 2.12. The number of carbonyl (C=O) groups is 1. The molecule has 1 fully saturated rings. The SMILES string of the molecule is O=C(CCc1nc(-c2ccccn2)no1)NCC1CCCN1. The molecule has 2 aromatic rings. The Balaban J connectivity index is 1.45. The molecule has 1 saturated heterocycles. The maximum absolute atomic E-state index is 11.8. The second-order valence-corrected chi connectivity index (χ2v) is 5.32. The van der Waals surface area contributed by atoms with E-state index >= 15 is 0 Å². The summed E-state index contributed by atoms with van der Waals surface area (Å²) in [5.74, 6) is 0.909. The molecule has 7 nitrogen and oxygen atoms in total. The summed E-state index contributed by atoms with van der Waals surface area (Å²) < 4.78 is 5.15. The second-order valence-electron chi connectivity index (χ2n) is 5.32. The molecule has 3 heterocycles. The van der Waals surface area contributed by atoms with Crippen LogP contribution in [0.2, 0.25) is 0 Å². The Hall–Kier alpha value is -2.28. The van der Waals surface area contributed by atoms with Gasteiger partial charge in [-0.25, -0.2) is 0 Å². The highest BCUT2D eigenvalue weighted by molar-refractivity contribution is 5.76. The minimum absolute atomic E-state index is 0.00582. The topological polar surface area (TPSA) is 92.9 Å². The molecular formula is C15H19N5O2. The van der Waals surface area contributed by atoms with Gasteiger partial charge in [0.1, 0.15) is 5.69 Å². The van der Waals surface area contributed by atoms with Crippen molar-refractivity contribution in [3.63, 3.8) is 0 Å². The predicted molar refractivity (Wildman–Crippen MR) is 79.9 cm³/mol. The standard InChI is InChI=1S/C15H19N5O2/c21-13(18-10-11-4-3-9-16-11)6-7-14-19-15(20-22-14)12-5-1-2-8-17-12/h1-2,5,8,11,16H,3-4,6-7,9-10H2,(H,18,21). The normalized spacial score (nSPS) is 17.5. The first-order chi connectivity index (χ1) is 10.8. The maximum atomic E-state index is 11.8. The van der Waals surface area contributed by atoms with Gasteiger partial charge >= 0.3 is 0 Å². The Kier molecular flexibility index (Phi) is 4.75. The van der Waals surface area contributed by atoms with Gasteiger partial charge in [0.05, 0.1) is 0 Å². The molecule has 2 N–H and O–H groups in total. The molecule has 22 heavy (non-hydrogen) atoms. The zero-order chi connectivity index (χ0) is 15.2. The van der Waals surface area contributed by atoms with Crippen LogP contribution < -0.4 is 10.6 Å². The Morgan fingerprint density at radius 1 is 1.45 bits per heavy atom. The number of carbonyl (C=O) groups excluding carboxylic acids is 1. The number of hydrogen-bond donors (Lipinski definition) is 2. The van der Waals surface area contributed by atoms with Gasteiger partial charge in [-0.1, -0.05) is 11.2 Å². The summed E-state index contributed by atoms with van der Waals surface area (Å²) in [5.41, 5.74) is 0.661. The molecule has 0 radical (unpaired) electrons. The molecule has 0 aromatic carbocycles. The number of rotatable bonds is 6. The summed E-state index contributed by atoms with van der Waals surface area (Å²) in [7, 11) is 0. The third-order valence-corrected chi connectivity index (χ3v) is 3.64. The maximum Gasteiger partial charge on any atom is 0.227 e. The predicted octanol–water partition coefficient (Wildman–Crippen LogP) is 0.932. The van der Waals surface area contributed by atoms with Crippen molar-refractivity contribution in [2.24, 2.45) is 0 Å². The minimum Gasteiger partial charge on any atom is -0.355 e. The number of nitrogens with zero attached hydrogens (tertiary/aromatic N) is 3. The Morgan fingerprint density at radius 3 is 3.18 bits per heavy atom. The molecule has 1 unspecified atom stereocenters. The lowest BCUT2D eigenvalue weighted by atomic mass is 10.2. The average Bonchev–Trinajstić information content (AvgIpc) is 3.23. The van der Waals surface area contributed by atoms with Gasteiger partial charge in [-0.2, -0.15) is 4.98 Å². The molecule has 116 valence electrons. The van der Waals surface area contributed by atoms with Gasteiger partial charge in [0.25, 0.3) is 0 Å². The van der Waals surface area contributed by atoms with Gasteiger partial charge < -0.3 is 15.2 Å². The third kappa shape index (κ3) is 3.88. The zero-order valence-electron chi connectivity index (χ0n) is 12.3. The van der Waals surface area contributed by atoms with E-state index in [0.717, 1.165) is 13.0 Å². The van der Waals surface area contributed by atoms with Crippen LogP contribution in [0.25, 0.3) is 11.5 Å². The van der Waals surface area contributed by atoms with E-state index < -0.39 is 0 Å². The molecule has 2 aromatic heterocycles. The molecule has 0 bridgehead atoms. The summed E-state index contributed by atoms with van der Waals surface area (Å²) in [6.07, 6.45) is 4.76. The molecule has 7 heteroatoms. The van der Waals surface area contributed by atoms with Gasteiger partial charge in [0.2, 0.25) is 17.6 Å². The van der Waals surface area contributed by atoms with E-state index in [1.54, 1.807) is 6.20 Å². The third-order valence-electron chi connectivity index (χ3n) is 3.64. The monoisotopic (exact) mass is 301 g/mol. The van der Waals surface area contributed by atoms with E-state index in [0.29, 0.717) is 42.8 Å². The number of aryl methyl sites for hydroxylation is 1. The Labute approximate surface area is 128 Å². The number of hydrogen-bond acceptors (Lipinski definition) is 6. The molecule has 0 aliphatic carbocycles. The first-order valence-electron chi connectivity index (χ1n) is 7.55. The van der Waals surface area contributed by atoms with Gasteiger partial charge in [-0.15, -0.1) is 0 Å². The molecular weight excluding hydrogens is 282 g/mol. The minimum atomic E-state index is 0.00582. The quantitative estimate of drug-likeness (QED) is 0.824. The van der Waals surface area contributed by atoms with Crippen molar-refractivity contribution >= 4 is 5.91 Å². The van der Waals surface area contributed by atoms with Crippen LogP contribution >= 0.6 is 0 Å². The average molecular weight is 301 g/mol. The smallest absolute Gasteiger partial charge is 0.227 e. The van der Waals surface area contributed by atoms with Crippen LogP contribution in [0, 0.1) is 0 Å². The van der Waals surface area contributed by atoms with Crippen molar-refractivity contribution in [1.82, 2.24) is 25.8 Å². The highest BCUT2D eigenvalue weighted by Gasteiger charge is 2.15. The second kappa shape index (κ2) is 7.13. The fourth-order valence-corrected chi connectivity index (χ4v) is 2.43. The molecule has 0 saturated carbocycles. The lowest BCUT2D eigenvalue weighted by Crippen LogP contribution is -2.37. The summed E-state index contributed by atoms with van der Waals surface area (Å²) >= 11 is 0. The van der Waals surface area contributed by atoms with Gasteiger partial charge in [0.15, 0.2) is 0 Å². The van der Waals surface area contributed by atoms with E-state index in [4.69, 9.17) is 4.52 Å². The van der Waals surface area contributed by atoms with Crippen LogP contribution in [0.15, 0.2) is 28.9 Å². The number of aromatic nitrogens is 3. The number of nitrogens with one attached hydrogen (secondary N) is 2. The van der Waals surface area contributed by atoms with E-state index in [1.807, 2.05) is 18.2 Å². The molecule has 1 amide bonds. The van der Waals surface area contributed by atoms with Crippen molar-refractivity contribution < 1.29 is 9.32 Å². The fourth-order valence-electron chi connectivity index (χ4n) is 2.43. The van der Waals surface area contributed by atoms with Gasteiger partial charge in [-0.3, -0.25) is 9.78 Å². The largest absolute Gasteiger partial charge is 0.355 e. The highest BCUT2D eigenvalue weighted by atomic mass is 16.5. The lowest BCUT2D eigenvalue weighted by molar-refractivity contribution is -0.121. The summed E-state index contributed by atoms with van der Waals surface area (Å²) in [6, 6.07) is 5.91. The molecule has 1 aliphatic heterocycles. The van der Waals surface area contributed by atoms with Crippen molar-refractivity contribution in [3.05, 3.63) is 30.3 Å². The van der Waals surface area contributed by atoms with Gasteiger partial charge in [-0.05, 0) is 31.5 Å². The van der Waals surface area contributed by atoms with E-state index in [-0.39, 0.29) is 5.91 Å². The van der Waals surface area contributed by atoms with Crippen LogP contribution in [0.3, 0.4) is 0 Å². The molecule has 1 aliphatic rings. The van der Waals surface area contributed by atoms with Crippen LogP contribution in [0.1, 0.15) is 25.2 Å². The summed E-state index contributed by atoms with van der Waals surface area (Å²) in [6.45, 7) is 1.72. The van der Waals surface area contributed by atoms with Crippen molar-refractivity contribution in [2.75, 3.05) is 13.1 Å². The number of amides is 1. The molecule has 0 spiro atoms. The number of pyridine rings is 1. The van der Waals surface area contributed by atoms with Crippen LogP contribution in [-0.2, 0) is 11.2 Å². The Morgan fingerprint density at radius 2 is 2.41 bits per heavy atom. The fraction of sp³-hybridized carbons (Fsp3) is 0.467. The van der Waals surface area contributed by atoms with Gasteiger partial charge in [0, 0.05) is 31.6 Å². The van der Waals surface area contributed by atoms with E-state index in [1.165, 1.54) is 6.42 Å². The first-order valence-corrected chi connectivity index (χ1v) is 7.55. The van der Waals surface area contributed by atoms with Crippen molar-refractivity contribution in [2.45, 2.75) is 31.7 Å². The van der Waals surface area contributed by atoms with E-state index in [9.17, 15) is 4.79 Å². The zero-order valence-corrected chi connectivity index (χ0v) is 12.3. The van der Waals surface area contributed by atoms with Crippen molar-refractivity contribution in [3.8, 4) is 11.5 Å². The van der Waals surface area contributed by atoms with Crippen LogP contribution in [0.4, 0.5) is 0 Å². The van der Waals surface area contributed by atoms with E-state index in [2.05, 4.69) is 25.8 Å². The molecule has 1 atom stereocenters. The van der Waals surface area contributed by atoms with Crippen LogP contribution in [-0.4, -0.2) is 40.2 Å². The Bertz CT molecular complexity index is 607.